The smallest absolute Gasteiger partial charge is 0.335 e. The Balaban J connectivity index is 2.66. The van der Waals surface area contributed by atoms with Crippen LogP contribution in [0.25, 0.3) is 5.69 Å². The van der Waals surface area contributed by atoms with Crippen molar-refractivity contribution in [3.8, 4) is 5.69 Å². The second kappa shape index (κ2) is 6.01. The average molecular weight is 302 g/mol. The first-order valence-corrected chi connectivity index (χ1v) is 6.94. The lowest BCUT2D eigenvalue weighted by Crippen LogP contribution is -2.40. The van der Waals surface area contributed by atoms with Crippen LogP contribution in [0.5, 0.6) is 0 Å². The van der Waals surface area contributed by atoms with E-state index in [4.69, 9.17) is 5.11 Å². The number of carboxylic acid groups (broad SMARTS) is 1. The number of aryl methyl sites for hydroxylation is 3. The van der Waals surface area contributed by atoms with Crippen molar-refractivity contribution in [3.63, 3.8) is 0 Å². The zero-order valence-electron chi connectivity index (χ0n) is 12.8. The number of nitrogens with zero attached hydrogens (tertiary/aromatic N) is 2. The Labute approximate surface area is 127 Å². The van der Waals surface area contributed by atoms with Crippen molar-refractivity contribution in [1.29, 1.82) is 0 Å². The van der Waals surface area contributed by atoms with E-state index in [0.29, 0.717) is 11.4 Å². The molecule has 1 N–H and O–H groups in total. The number of carboxylic acids is 1. The summed E-state index contributed by atoms with van der Waals surface area (Å²) in [5, 5.41) is 8.75. The van der Waals surface area contributed by atoms with Gasteiger partial charge in [-0.1, -0.05) is 17.7 Å². The van der Waals surface area contributed by atoms with Crippen LogP contribution < -0.4 is 11.2 Å². The highest BCUT2D eigenvalue weighted by Gasteiger charge is 2.13. The van der Waals surface area contributed by atoms with E-state index in [9.17, 15) is 14.4 Å². The molecule has 0 amide bonds. The monoisotopic (exact) mass is 302 g/mol. The minimum absolute atomic E-state index is 0.141. The number of benzene rings is 1. The molecule has 1 heterocycles. The van der Waals surface area contributed by atoms with Gasteiger partial charge in [0.25, 0.3) is 5.56 Å². The Morgan fingerprint density at radius 2 is 1.82 bits per heavy atom. The Morgan fingerprint density at radius 1 is 1.14 bits per heavy atom. The maximum Gasteiger partial charge on any atom is 0.335 e. The molecule has 6 heteroatoms. The first kappa shape index (κ1) is 15.8. The number of carbonyl (C=O) groups is 1. The second-order valence-electron chi connectivity index (χ2n) is 5.33. The zero-order valence-corrected chi connectivity index (χ0v) is 12.8. The van der Waals surface area contributed by atoms with Gasteiger partial charge in [0.15, 0.2) is 0 Å². The van der Waals surface area contributed by atoms with Crippen molar-refractivity contribution >= 4 is 5.97 Å². The van der Waals surface area contributed by atoms with Crippen molar-refractivity contribution in [2.75, 3.05) is 0 Å². The molecule has 0 atom stereocenters. The fourth-order valence-electron chi connectivity index (χ4n) is 2.45. The largest absolute Gasteiger partial charge is 0.481 e. The van der Waals surface area contributed by atoms with Crippen LogP contribution in [-0.2, 0) is 11.3 Å². The highest BCUT2D eigenvalue weighted by atomic mass is 16.4. The summed E-state index contributed by atoms with van der Waals surface area (Å²) < 4.78 is 2.40. The van der Waals surface area contributed by atoms with Crippen LogP contribution in [0.2, 0.25) is 0 Å². The van der Waals surface area contributed by atoms with Crippen LogP contribution in [0.3, 0.4) is 0 Å². The molecule has 0 aliphatic rings. The molecule has 0 aliphatic carbocycles. The minimum Gasteiger partial charge on any atom is -0.481 e. The lowest BCUT2D eigenvalue weighted by atomic mass is 10.1. The van der Waals surface area contributed by atoms with Crippen LogP contribution in [0, 0.1) is 20.8 Å². The Bertz CT molecular complexity index is 846. The molecule has 2 rings (SSSR count). The summed E-state index contributed by atoms with van der Waals surface area (Å²) in [6, 6.07) is 7.02. The van der Waals surface area contributed by atoms with E-state index < -0.39 is 17.2 Å². The Morgan fingerprint density at radius 3 is 2.41 bits per heavy atom. The van der Waals surface area contributed by atoms with Gasteiger partial charge < -0.3 is 5.11 Å². The predicted molar refractivity (Wildman–Crippen MR) is 82.8 cm³/mol. The molecule has 6 nitrogen and oxygen atoms in total. The van der Waals surface area contributed by atoms with Gasteiger partial charge in [-0.25, -0.2) is 4.79 Å². The summed E-state index contributed by atoms with van der Waals surface area (Å²) in [6.45, 7) is 5.39. The summed E-state index contributed by atoms with van der Waals surface area (Å²) in [7, 11) is 0. The molecular weight excluding hydrogens is 284 g/mol. The number of rotatable bonds is 4. The highest BCUT2D eigenvalue weighted by Crippen LogP contribution is 2.15. The second-order valence-corrected chi connectivity index (χ2v) is 5.33. The molecule has 0 saturated carbocycles. The quantitative estimate of drug-likeness (QED) is 0.925. The van der Waals surface area contributed by atoms with E-state index in [0.717, 1.165) is 15.7 Å². The third-order valence-corrected chi connectivity index (χ3v) is 3.52. The van der Waals surface area contributed by atoms with Crippen molar-refractivity contribution in [2.24, 2.45) is 0 Å². The molecule has 0 bridgehead atoms. The SMILES string of the molecule is Cc1ccc(-n2c(C)cc(=O)n(CCC(=O)O)c2=O)c(C)c1. The summed E-state index contributed by atoms with van der Waals surface area (Å²) in [4.78, 5) is 35.2. The number of hydrogen-bond donors (Lipinski definition) is 1. The van der Waals surface area contributed by atoms with Crippen LogP contribution in [0.15, 0.2) is 33.9 Å². The molecular formula is C16H18N2O4. The standard InChI is InChI=1S/C16H18N2O4/c1-10-4-5-13(11(2)8-10)18-12(3)9-14(19)17(16(18)22)7-6-15(20)21/h4-5,8-9H,6-7H2,1-3H3,(H,20,21). The zero-order chi connectivity index (χ0) is 16.4. The average Bonchev–Trinajstić information content (AvgIpc) is 2.40. The van der Waals surface area contributed by atoms with Gasteiger partial charge >= 0.3 is 11.7 Å². The van der Waals surface area contributed by atoms with E-state index >= 15 is 0 Å². The molecule has 22 heavy (non-hydrogen) atoms. The summed E-state index contributed by atoms with van der Waals surface area (Å²) >= 11 is 0. The molecule has 0 radical (unpaired) electrons. The third-order valence-electron chi connectivity index (χ3n) is 3.52. The van der Waals surface area contributed by atoms with Gasteiger partial charge in [-0.2, -0.15) is 0 Å². The predicted octanol–water partition coefficient (Wildman–Crippen LogP) is 1.40. The van der Waals surface area contributed by atoms with E-state index in [-0.39, 0.29) is 13.0 Å². The molecule has 2 aromatic rings. The Kier molecular flexibility index (Phi) is 4.30. The maximum atomic E-state index is 12.6. The van der Waals surface area contributed by atoms with E-state index in [1.165, 1.54) is 10.6 Å². The molecule has 116 valence electrons. The first-order valence-electron chi connectivity index (χ1n) is 6.94. The molecule has 1 aromatic carbocycles. The van der Waals surface area contributed by atoms with E-state index in [1.54, 1.807) is 6.92 Å². The molecule has 0 spiro atoms. The van der Waals surface area contributed by atoms with Crippen LogP contribution in [0.1, 0.15) is 23.2 Å². The van der Waals surface area contributed by atoms with Crippen molar-refractivity contribution in [3.05, 3.63) is 61.9 Å². The Hall–Kier alpha value is -2.63. The first-order chi connectivity index (χ1) is 10.3. The fraction of sp³-hybridized carbons (Fsp3) is 0.312. The maximum absolute atomic E-state index is 12.6. The van der Waals surface area contributed by atoms with Gasteiger partial charge in [0.1, 0.15) is 0 Å². The molecule has 0 aliphatic heterocycles. The summed E-state index contributed by atoms with van der Waals surface area (Å²) in [6.07, 6.45) is -0.273. The van der Waals surface area contributed by atoms with Gasteiger partial charge in [0.2, 0.25) is 0 Å². The van der Waals surface area contributed by atoms with Gasteiger partial charge in [0, 0.05) is 18.3 Å². The van der Waals surface area contributed by atoms with Gasteiger partial charge in [-0.05, 0) is 32.4 Å². The summed E-state index contributed by atoms with van der Waals surface area (Å²) in [5.41, 5.74) is 2.20. The van der Waals surface area contributed by atoms with Crippen molar-refractivity contribution in [1.82, 2.24) is 9.13 Å². The molecule has 1 aromatic heterocycles. The summed E-state index contributed by atoms with van der Waals surface area (Å²) in [5.74, 6) is -1.05. The molecule has 0 unspecified atom stereocenters. The highest BCUT2D eigenvalue weighted by molar-refractivity contribution is 5.66. The van der Waals surface area contributed by atoms with Gasteiger partial charge in [-0.15, -0.1) is 0 Å². The lowest BCUT2D eigenvalue weighted by Gasteiger charge is -2.15. The normalized spacial score (nSPS) is 10.7. The van der Waals surface area contributed by atoms with Crippen LogP contribution in [-0.4, -0.2) is 20.2 Å². The molecule has 0 fully saturated rings. The number of aliphatic carboxylic acids is 1. The molecule has 0 saturated heterocycles. The van der Waals surface area contributed by atoms with E-state index in [2.05, 4.69) is 0 Å². The minimum atomic E-state index is -1.05. The van der Waals surface area contributed by atoms with E-state index in [1.807, 2.05) is 32.0 Å². The van der Waals surface area contributed by atoms with Crippen LogP contribution in [0.4, 0.5) is 0 Å². The lowest BCUT2D eigenvalue weighted by molar-refractivity contribution is -0.137. The van der Waals surface area contributed by atoms with Gasteiger partial charge in [0.05, 0.1) is 12.1 Å². The van der Waals surface area contributed by atoms with Crippen molar-refractivity contribution < 1.29 is 9.90 Å². The van der Waals surface area contributed by atoms with Crippen molar-refractivity contribution in [2.45, 2.75) is 33.7 Å². The topological polar surface area (TPSA) is 81.3 Å². The fourth-order valence-corrected chi connectivity index (χ4v) is 2.45. The van der Waals surface area contributed by atoms with Gasteiger partial charge in [-0.3, -0.25) is 18.7 Å². The number of aromatic nitrogens is 2. The van der Waals surface area contributed by atoms with Crippen LogP contribution >= 0.6 is 0 Å². The third kappa shape index (κ3) is 3.00. The number of hydrogen-bond acceptors (Lipinski definition) is 3.